The summed E-state index contributed by atoms with van der Waals surface area (Å²) in [7, 11) is 0. The third-order valence-corrected chi connectivity index (χ3v) is 3.44. The van der Waals surface area contributed by atoms with Crippen LogP contribution in [0.1, 0.15) is 21.7 Å². The molecule has 22 heavy (non-hydrogen) atoms. The molecule has 0 fully saturated rings. The summed E-state index contributed by atoms with van der Waals surface area (Å²) in [6, 6.07) is 10.8. The summed E-state index contributed by atoms with van der Waals surface area (Å²) in [5, 5.41) is 15.4. The van der Waals surface area contributed by atoms with Crippen LogP contribution in [0.4, 0.5) is 0 Å². The number of carbonyl (C=O) groups is 1. The number of nitrogens with zero attached hydrogens (tertiary/aromatic N) is 4. The average molecular weight is 316 g/mol. The van der Waals surface area contributed by atoms with Crippen molar-refractivity contribution >= 4 is 23.2 Å². The summed E-state index contributed by atoms with van der Waals surface area (Å²) in [6.45, 7) is 2.43. The number of carbonyl (C=O) groups excluding carboxylic acids is 1. The smallest absolute Gasteiger partial charge is 0.251 e. The van der Waals surface area contributed by atoms with Crippen LogP contribution in [0.5, 0.6) is 0 Å². The first-order valence-corrected chi connectivity index (χ1v) is 7.23. The Bertz CT molecular complexity index is 812. The van der Waals surface area contributed by atoms with Gasteiger partial charge in [-0.05, 0) is 31.2 Å². The number of benzene rings is 1. The number of hydrogen-bond acceptors (Lipinski definition) is 4. The minimum atomic E-state index is -0.111. The molecule has 0 bridgehead atoms. The fourth-order valence-electron chi connectivity index (χ4n) is 2.06. The van der Waals surface area contributed by atoms with Gasteiger partial charge in [0.05, 0.1) is 0 Å². The lowest BCUT2D eigenvalue weighted by Crippen LogP contribution is -2.26. The molecule has 1 amide bonds. The molecule has 0 spiro atoms. The van der Waals surface area contributed by atoms with Crippen molar-refractivity contribution in [2.75, 3.05) is 6.54 Å². The molecule has 0 saturated heterocycles. The van der Waals surface area contributed by atoms with E-state index in [0.29, 0.717) is 35.2 Å². The number of fused-ring (bicyclic) bond motifs is 1. The second kappa shape index (κ2) is 6.11. The molecule has 112 valence electrons. The number of nitrogens with one attached hydrogen (secondary N) is 1. The van der Waals surface area contributed by atoms with Crippen molar-refractivity contribution in [3.63, 3.8) is 0 Å². The number of aromatic nitrogens is 4. The summed E-state index contributed by atoms with van der Waals surface area (Å²) >= 11 is 5.87. The maximum atomic E-state index is 12.0. The van der Waals surface area contributed by atoms with Gasteiger partial charge in [0, 0.05) is 18.5 Å². The molecule has 0 radical (unpaired) electrons. The van der Waals surface area contributed by atoms with Crippen LogP contribution in [-0.2, 0) is 6.42 Å². The van der Waals surface area contributed by atoms with Gasteiger partial charge in [-0.1, -0.05) is 29.3 Å². The van der Waals surface area contributed by atoms with Gasteiger partial charge in [0.2, 0.25) is 0 Å². The summed E-state index contributed by atoms with van der Waals surface area (Å²) in [4.78, 5) is 12.0. The third kappa shape index (κ3) is 3.07. The Hall–Kier alpha value is -2.47. The van der Waals surface area contributed by atoms with E-state index in [9.17, 15) is 4.79 Å². The Morgan fingerprint density at radius 3 is 2.73 bits per heavy atom. The molecule has 1 aromatic carbocycles. The van der Waals surface area contributed by atoms with Crippen LogP contribution >= 0.6 is 11.6 Å². The second-order valence-electron chi connectivity index (χ2n) is 4.91. The van der Waals surface area contributed by atoms with Gasteiger partial charge in [-0.15, -0.1) is 10.2 Å². The number of aryl methyl sites for hydroxylation is 1. The Labute approximate surface area is 132 Å². The predicted molar refractivity (Wildman–Crippen MR) is 83.0 cm³/mol. The third-order valence-electron chi connectivity index (χ3n) is 3.24. The number of halogens is 1. The van der Waals surface area contributed by atoms with Gasteiger partial charge < -0.3 is 5.32 Å². The zero-order valence-electron chi connectivity index (χ0n) is 12.0. The standard InChI is InChI=1S/C15H14ClN5O/c1-10-2-4-11(5-3-10)15(22)17-9-8-14-19-18-13-7-6-12(16)20-21(13)14/h2-7H,8-9H2,1H3,(H,17,22). The van der Waals surface area contributed by atoms with Crippen LogP contribution in [-0.4, -0.2) is 32.3 Å². The van der Waals surface area contributed by atoms with Gasteiger partial charge in [0.15, 0.2) is 11.5 Å². The van der Waals surface area contributed by atoms with E-state index in [1.807, 2.05) is 19.1 Å². The van der Waals surface area contributed by atoms with Crippen LogP contribution in [0.25, 0.3) is 5.65 Å². The Balaban J connectivity index is 1.63. The monoisotopic (exact) mass is 315 g/mol. The Morgan fingerprint density at radius 1 is 1.18 bits per heavy atom. The molecule has 0 saturated carbocycles. The quantitative estimate of drug-likeness (QED) is 0.800. The highest BCUT2D eigenvalue weighted by Gasteiger charge is 2.09. The van der Waals surface area contributed by atoms with Gasteiger partial charge in [0.1, 0.15) is 5.15 Å². The molecule has 0 atom stereocenters. The molecule has 3 rings (SSSR count). The molecule has 7 heteroatoms. The fourth-order valence-corrected chi connectivity index (χ4v) is 2.20. The molecule has 0 aliphatic rings. The van der Waals surface area contributed by atoms with Crippen LogP contribution in [0, 0.1) is 6.92 Å². The van der Waals surface area contributed by atoms with Crippen molar-refractivity contribution in [3.05, 3.63) is 58.5 Å². The van der Waals surface area contributed by atoms with Crippen molar-refractivity contribution in [2.24, 2.45) is 0 Å². The SMILES string of the molecule is Cc1ccc(C(=O)NCCc2nnc3ccc(Cl)nn23)cc1. The normalized spacial score (nSPS) is 10.8. The molecule has 6 nitrogen and oxygen atoms in total. The van der Waals surface area contributed by atoms with Crippen molar-refractivity contribution in [1.82, 2.24) is 25.1 Å². The van der Waals surface area contributed by atoms with E-state index in [4.69, 9.17) is 11.6 Å². The lowest BCUT2D eigenvalue weighted by Gasteiger charge is -2.04. The van der Waals surface area contributed by atoms with Crippen molar-refractivity contribution in [1.29, 1.82) is 0 Å². The van der Waals surface area contributed by atoms with Gasteiger partial charge in [-0.25, -0.2) is 0 Å². The molecular formula is C15H14ClN5O. The molecule has 0 aliphatic heterocycles. The van der Waals surface area contributed by atoms with Gasteiger partial charge in [0.25, 0.3) is 5.91 Å². The number of amides is 1. The fraction of sp³-hybridized carbons (Fsp3) is 0.200. The van der Waals surface area contributed by atoms with Gasteiger partial charge in [-0.3, -0.25) is 4.79 Å². The van der Waals surface area contributed by atoms with Crippen molar-refractivity contribution in [3.8, 4) is 0 Å². The molecule has 3 aromatic rings. The van der Waals surface area contributed by atoms with E-state index in [0.717, 1.165) is 5.56 Å². The number of rotatable bonds is 4. The highest BCUT2D eigenvalue weighted by atomic mass is 35.5. The summed E-state index contributed by atoms with van der Waals surface area (Å²) < 4.78 is 1.58. The lowest BCUT2D eigenvalue weighted by atomic mass is 10.1. The predicted octanol–water partition coefficient (Wildman–Crippen LogP) is 2.06. The Morgan fingerprint density at radius 2 is 1.95 bits per heavy atom. The first-order chi connectivity index (χ1) is 10.6. The maximum absolute atomic E-state index is 12.0. The first kappa shape index (κ1) is 14.5. The number of hydrogen-bond donors (Lipinski definition) is 1. The molecule has 2 aromatic heterocycles. The topological polar surface area (TPSA) is 72.2 Å². The zero-order valence-corrected chi connectivity index (χ0v) is 12.7. The van der Waals surface area contributed by atoms with Crippen molar-refractivity contribution in [2.45, 2.75) is 13.3 Å². The van der Waals surface area contributed by atoms with E-state index in [1.165, 1.54) is 0 Å². The van der Waals surface area contributed by atoms with E-state index in [-0.39, 0.29) is 5.91 Å². The largest absolute Gasteiger partial charge is 0.352 e. The van der Waals surface area contributed by atoms with E-state index in [1.54, 1.807) is 28.8 Å². The Kier molecular flexibility index (Phi) is 4.02. The summed E-state index contributed by atoms with van der Waals surface area (Å²) in [5.41, 5.74) is 2.39. The van der Waals surface area contributed by atoms with E-state index < -0.39 is 0 Å². The van der Waals surface area contributed by atoms with Crippen LogP contribution < -0.4 is 5.32 Å². The van der Waals surface area contributed by atoms with E-state index in [2.05, 4.69) is 20.6 Å². The van der Waals surface area contributed by atoms with Crippen molar-refractivity contribution < 1.29 is 4.79 Å². The molecular weight excluding hydrogens is 302 g/mol. The highest BCUT2D eigenvalue weighted by Crippen LogP contribution is 2.07. The van der Waals surface area contributed by atoms with Crippen LogP contribution in [0.2, 0.25) is 5.15 Å². The van der Waals surface area contributed by atoms with Gasteiger partial charge >= 0.3 is 0 Å². The summed E-state index contributed by atoms with van der Waals surface area (Å²) in [5.74, 6) is 0.543. The summed E-state index contributed by atoms with van der Waals surface area (Å²) in [6.07, 6.45) is 0.520. The second-order valence-corrected chi connectivity index (χ2v) is 5.30. The highest BCUT2D eigenvalue weighted by molar-refractivity contribution is 6.29. The maximum Gasteiger partial charge on any atom is 0.251 e. The minimum Gasteiger partial charge on any atom is -0.352 e. The van der Waals surface area contributed by atoms with E-state index >= 15 is 0 Å². The van der Waals surface area contributed by atoms with Crippen LogP contribution in [0.15, 0.2) is 36.4 Å². The van der Waals surface area contributed by atoms with Crippen LogP contribution in [0.3, 0.4) is 0 Å². The minimum absolute atomic E-state index is 0.111. The molecule has 0 aliphatic carbocycles. The average Bonchev–Trinajstić information content (AvgIpc) is 2.90. The van der Waals surface area contributed by atoms with Gasteiger partial charge in [-0.2, -0.15) is 9.61 Å². The zero-order chi connectivity index (χ0) is 15.5. The molecule has 2 heterocycles. The lowest BCUT2D eigenvalue weighted by molar-refractivity contribution is 0.0954. The molecule has 0 unspecified atom stereocenters. The first-order valence-electron chi connectivity index (χ1n) is 6.85. The molecule has 1 N–H and O–H groups in total.